The lowest BCUT2D eigenvalue weighted by Crippen LogP contribution is -2.43. The molecule has 118 heavy (non-hydrogen) atoms. The first-order valence-electron chi connectivity index (χ1n) is 35.6. The topological polar surface area (TPSA) is 657 Å². The van der Waals surface area contributed by atoms with E-state index >= 15 is 0 Å². The Morgan fingerprint density at radius 1 is 0.754 bits per heavy atom. The van der Waals surface area contributed by atoms with Crippen molar-refractivity contribution >= 4 is 84.6 Å². The molecule has 5 aliphatic rings. The molecule has 12 heterocycles. The van der Waals surface area contributed by atoms with Crippen LogP contribution in [-0.2, 0) is 89.6 Å². The van der Waals surface area contributed by atoms with Crippen LogP contribution in [0, 0.1) is 10.1 Å². The Kier molecular flexibility index (Phi) is 27.7. The van der Waals surface area contributed by atoms with Crippen LogP contribution in [0.15, 0.2) is 114 Å². The molecular formula is C70H83N19O28S. The number of aliphatic hydroxyl groups is 7. The minimum atomic E-state index is -3.66. The molecule has 5 unspecified atom stereocenters. The van der Waals surface area contributed by atoms with Crippen molar-refractivity contribution in [2.75, 3.05) is 70.8 Å². The molecule has 15 N–H and O–H groups in total. The van der Waals surface area contributed by atoms with Gasteiger partial charge in [-0.1, -0.05) is 36.4 Å². The Morgan fingerprint density at radius 3 is 2.02 bits per heavy atom. The third-order valence-corrected chi connectivity index (χ3v) is 18.8. The Bertz CT molecular complexity index is 5460. The molecule has 632 valence electrons. The monoisotopic (exact) mass is 1670 g/mol. The average molecular weight is 1670 g/mol. The van der Waals surface area contributed by atoms with Gasteiger partial charge >= 0.3 is 28.9 Å². The second-order valence-corrected chi connectivity index (χ2v) is 28.5. The number of hydrogen-bond donors (Lipinski definition) is 12. The summed E-state index contributed by atoms with van der Waals surface area (Å²) in [7, 11) is -0.470. The molecule has 48 heteroatoms. The highest BCUT2D eigenvalue weighted by molar-refractivity contribution is 7.86. The number of aromatic amines is 1. The number of nitro groups is 1. The number of amides is 1. The summed E-state index contributed by atoms with van der Waals surface area (Å²) in [6, 6.07) is 19.3. The smallest absolute Gasteiger partial charge is 0.350 e. The molecule has 0 radical (unpaired) electrons. The lowest BCUT2D eigenvalue weighted by molar-refractivity contribution is -0.387. The molecule has 1 amide bonds. The number of H-pyrrole nitrogens is 1. The summed E-state index contributed by atoms with van der Waals surface area (Å²) >= 11 is 0. The van der Waals surface area contributed by atoms with Gasteiger partial charge < -0.3 is 120 Å². The van der Waals surface area contributed by atoms with Crippen LogP contribution in [0.25, 0.3) is 33.5 Å². The van der Waals surface area contributed by atoms with Crippen molar-refractivity contribution in [2.24, 2.45) is 0 Å². The minimum absolute atomic E-state index is 0.0113. The highest BCUT2D eigenvalue weighted by Gasteiger charge is 2.57. The summed E-state index contributed by atoms with van der Waals surface area (Å²) < 4.78 is 91.9. The number of nitrogen functional groups attached to an aromatic ring is 3. The van der Waals surface area contributed by atoms with Crippen molar-refractivity contribution < 1.29 is 120 Å². The number of fused-ring (bicyclic) bond motifs is 5. The number of cyclic esters (lactones) is 1. The van der Waals surface area contributed by atoms with Gasteiger partial charge in [-0.3, -0.25) is 42.8 Å². The first-order chi connectivity index (χ1) is 56.3. The fourth-order valence-electron chi connectivity index (χ4n) is 12.6. The number of esters is 2. The number of rotatable bonds is 24. The first-order valence-corrected chi connectivity index (χ1v) is 37.4. The molecular weight excluding hydrogens is 1590 g/mol. The molecule has 0 aliphatic carbocycles. The molecule has 13 atom stereocenters. The van der Waals surface area contributed by atoms with Gasteiger partial charge in [-0.05, 0) is 61.2 Å². The van der Waals surface area contributed by atoms with Crippen molar-refractivity contribution in [1.29, 1.82) is 0 Å². The predicted molar refractivity (Wildman–Crippen MR) is 403 cm³/mol. The third kappa shape index (κ3) is 20.5. The summed E-state index contributed by atoms with van der Waals surface area (Å²) in [6.45, 7) is 4.67. The summed E-state index contributed by atoms with van der Waals surface area (Å²) in [6.07, 6.45) is -3.54. The highest BCUT2D eigenvalue weighted by atomic mass is 32.2. The van der Waals surface area contributed by atoms with Gasteiger partial charge in [-0.2, -0.15) is 8.42 Å². The summed E-state index contributed by atoms with van der Waals surface area (Å²) in [5.41, 5.74) is 19.5. The van der Waals surface area contributed by atoms with Crippen LogP contribution in [-0.4, -0.2) is 262 Å². The van der Waals surface area contributed by atoms with Crippen LogP contribution in [0.2, 0.25) is 0 Å². The highest BCUT2D eigenvalue weighted by Crippen LogP contribution is 2.43. The van der Waals surface area contributed by atoms with Crippen LogP contribution >= 0.6 is 0 Å². The van der Waals surface area contributed by atoms with Gasteiger partial charge in [0.2, 0.25) is 24.7 Å². The number of imidazole rings is 3. The number of nitrogens with zero attached hydrogens (tertiary/aromatic N) is 14. The number of carbonyl (C=O) groups excluding carboxylic acids is 3. The summed E-state index contributed by atoms with van der Waals surface area (Å²) in [5, 5.41) is 81.1. The van der Waals surface area contributed by atoms with E-state index in [0.29, 0.717) is 92.6 Å². The van der Waals surface area contributed by atoms with E-state index in [1.807, 2.05) is 60.7 Å². The number of methoxy groups -OCH3 is 2. The standard InChI is InChI=1S/C26H27NO6.C12H17N5O5.C12H13N5O4.C11H15N5O5S.C9H11N3O8/c1-29-21-9-8-19(12-22(21)31-16-18-6-4-3-5-7-18)15-25(28)27-11-10-20-13-23(30-2)26-24(14-20)32-17-33-26;1-6(19)22-8(3-18)10(21)7(20)2-17-5-16-9-11(13)14-4-15-12(9)17;1-12(2)20-6-7(21-12)11(18)19-10(6)17-4-16-5-8(13)14-3-15-9(5)17;1-22(18,19)21-7-3-20-6(9(7)17)2-16-5-15-8-10(12)13-4-14-11(8)16;13-2-4-5(14)6(15)8(20-4)11-1-3(12(18)19)7(16)10-9(11)17/h3-9,12-14H,10-11,15-17H2,1-2H3,(H,27,28);4-5,7-8,10,18,20-21H,2-3H2,1H3,(H2,13,14,15);3-4,6-7,10H,1-2H3,(H2,13,14,15);4-7,9,17H,2-3H2,1H3,(H2,12,13,14);1,4-6,8,13-15H,2H2,(H,10,16,17)/t;7?,8-,10-;6?,7?,10-;6-,7-,9?;4-,5+,6?,8-/m.1101/s1. The Balaban J connectivity index is 0.000000147. The Labute approximate surface area is 666 Å². The number of anilines is 3. The number of carbonyl (C=O) groups is 3. The number of aliphatic hydroxyl groups excluding tert-OH is 7. The quantitative estimate of drug-likeness (QED) is 0.0129. The number of hydrogen-bond acceptors (Lipinski definition) is 40. The molecule has 0 spiro atoms. The number of nitrogens with two attached hydrogens (primary N) is 3. The van der Waals surface area contributed by atoms with Crippen LogP contribution in [0.3, 0.4) is 0 Å². The molecule has 3 aromatic carbocycles. The van der Waals surface area contributed by atoms with Crippen LogP contribution < -0.4 is 57.5 Å². The van der Waals surface area contributed by atoms with E-state index in [0.717, 1.165) is 29.9 Å². The van der Waals surface area contributed by atoms with Crippen LogP contribution in [0.1, 0.15) is 49.9 Å². The van der Waals surface area contributed by atoms with E-state index in [4.69, 9.17) is 83.7 Å². The van der Waals surface area contributed by atoms with Crippen LogP contribution in [0.5, 0.6) is 28.7 Å². The van der Waals surface area contributed by atoms with Gasteiger partial charge in [0.05, 0.1) is 83.6 Å². The minimum Gasteiger partial charge on any atom is -0.493 e. The number of nitrogens with one attached hydrogen (secondary N) is 2. The second-order valence-electron chi connectivity index (χ2n) is 26.9. The average Bonchev–Trinajstić information content (AvgIpc) is 1.59. The van der Waals surface area contributed by atoms with E-state index in [2.05, 4.69) is 50.2 Å². The van der Waals surface area contributed by atoms with Gasteiger partial charge in [0, 0.05) is 13.5 Å². The molecule has 0 bridgehead atoms. The maximum absolute atomic E-state index is 12.5. The SMILES string of the molecule is CC(=O)O[C@H](CO)[C@H](O)C(O)Cn1cnc2c(N)ncnc21.CC1(C)OC2C(=O)O[C@@H](n3cnc4c(N)ncnc43)C2O1.COc1ccc(CC(=O)NCCc2cc(OC)c3c(c2)OCO3)cc1OCc1ccccc1.CS(=O)(=O)O[C@H]1CO[C@@H](Cn2cnc3c(N)ncnc32)C1O.O=c1[nH]c(=O)n([C@@H]2O[C@H](CO)[C@H](O)C2O)cc1[N+](=O)[O-]. The van der Waals surface area contributed by atoms with Gasteiger partial charge in [0.25, 0.3) is 10.1 Å². The zero-order valence-corrected chi connectivity index (χ0v) is 64.3. The van der Waals surface area contributed by atoms with Crippen molar-refractivity contribution in [2.45, 2.75) is 139 Å². The second kappa shape index (κ2) is 37.7. The summed E-state index contributed by atoms with van der Waals surface area (Å²) in [4.78, 5) is 106. The molecule has 0 saturated carbocycles. The van der Waals surface area contributed by atoms with E-state index < -0.39 is 143 Å². The van der Waals surface area contributed by atoms with Crippen molar-refractivity contribution in [3.05, 3.63) is 152 Å². The molecule has 10 aromatic rings. The maximum Gasteiger partial charge on any atom is 0.350 e. The van der Waals surface area contributed by atoms with Gasteiger partial charge in [-0.25, -0.2) is 54.4 Å². The fraction of sp³-hybridized carbons (Fsp3) is 0.429. The van der Waals surface area contributed by atoms with Gasteiger partial charge in [0.15, 0.2) is 87.7 Å². The lowest BCUT2D eigenvalue weighted by Gasteiger charge is -2.25. The first kappa shape index (κ1) is 86.5. The summed E-state index contributed by atoms with van der Waals surface area (Å²) in [5.74, 6) is 1.86. The molecule has 47 nitrogen and oxygen atoms in total. The fourth-order valence-corrected chi connectivity index (χ4v) is 13.2. The number of aromatic nitrogens is 14. The van der Waals surface area contributed by atoms with Crippen molar-refractivity contribution in [1.82, 2.24) is 73.4 Å². The zero-order chi connectivity index (χ0) is 85.0. The largest absolute Gasteiger partial charge is 0.493 e. The van der Waals surface area contributed by atoms with Crippen molar-refractivity contribution in [3.63, 3.8) is 0 Å². The van der Waals surface area contributed by atoms with Gasteiger partial charge in [-0.15, -0.1) is 0 Å². The van der Waals surface area contributed by atoms with E-state index in [-0.39, 0.29) is 56.3 Å². The molecule has 5 aliphatic heterocycles. The zero-order valence-electron chi connectivity index (χ0n) is 63.5. The third-order valence-electron chi connectivity index (χ3n) is 18.2. The molecule has 7 aromatic heterocycles. The van der Waals surface area contributed by atoms with Gasteiger partial charge in [0.1, 0.15) is 97.3 Å². The van der Waals surface area contributed by atoms with Crippen molar-refractivity contribution in [3.8, 4) is 28.7 Å². The maximum atomic E-state index is 12.5. The number of benzene rings is 3. The van der Waals surface area contributed by atoms with E-state index in [1.54, 1.807) is 42.2 Å². The molecule has 15 rings (SSSR count). The van der Waals surface area contributed by atoms with E-state index in [9.17, 15) is 68.0 Å². The van der Waals surface area contributed by atoms with Crippen LogP contribution in [0.4, 0.5) is 23.1 Å². The Hall–Kier alpha value is -12.3. The Morgan fingerprint density at radius 2 is 1.39 bits per heavy atom. The predicted octanol–water partition coefficient (Wildman–Crippen LogP) is -2.48. The van der Waals surface area contributed by atoms with E-state index in [1.165, 1.54) is 42.5 Å². The molecule has 4 saturated heterocycles. The lowest BCUT2D eigenvalue weighted by atomic mass is 10.1. The molecule has 4 fully saturated rings. The normalized spacial score (nSPS) is 21.4. The number of ether oxygens (including phenoxy) is 11.